The predicted octanol–water partition coefficient (Wildman–Crippen LogP) is 4.20. The molecule has 0 spiro atoms. The van der Waals surface area contributed by atoms with Crippen LogP contribution in [0.15, 0.2) is 60.7 Å². The first-order valence-corrected chi connectivity index (χ1v) is 7.81. The van der Waals surface area contributed by atoms with Crippen LogP contribution < -0.4 is 0 Å². The maximum absolute atomic E-state index is 12.2. The Bertz CT molecular complexity index is 675. The summed E-state index contributed by atoms with van der Waals surface area (Å²) in [5.74, 6) is 0.253. The van der Waals surface area contributed by atoms with Gasteiger partial charge >= 0.3 is 0 Å². The fourth-order valence-electron chi connectivity index (χ4n) is 2.93. The van der Waals surface area contributed by atoms with Crippen LogP contribution in [-0.4, -0.2) is 16.8 Å². The van der Waals surface area contributed by atoms with Crippen molar-refractivity contribution in [1.29, 1.82) is 0 Å². The van der Waals surface area contributed by atoms with Crippen LogP contribution in [0.3, 0.4) is 0 Å². The number of hydrogen-bond donors (Lipinski definition) is 0. The lowest BCUT2D eigenvalue weighted by atomic mass is 10.1. The zero-order chi connectivity index (χ0) is 15.4. The summed E-state index contributed by atoms with van der Waals surface area (Å²) in [4.78, 5) is 14.1. The molecule has 0 bridgehead atoms. The third-order valence-corrected chi connectivity index (χ3v) is 4.26. The van der Waals surface area contributed by atoms with Crippen molar-refractivity contribution in [3.63, 3.8) is 0 Å². The number of amides is 1. The van der Waals surface area contributed by atoms with Crippen molar-refractivity contribution in [1.82, 2.24) is 4.90 Å². The van der Waals surface area contributed by atoms with Gasteiger partial charge in [-0.1, -0.05) is 66.7 Å². The average Bonchev–Trinajstić information content (AvgIpc) is 2.88. The molecular weight excluding hydrogens is 270 g/mol. The zero-order valence-corrected chi connectivity index (χ0v) is 12.9. The van der Waals surface area contributed by atoms with Crippen molar-refractivity contribution in [2.75, 3.05) is 0 Å². The minimum atomic E-state index is 0.201. The van der Waals surface area contributed by atoms with Crippen molar-refractivity contribution in [3.05, 3.63) is 77.4 Å². The second kappa shape index (κ2) is 6.61. The molecule has 2 aromatic carbocycles. The van der Waals surface area contributed by atoms with Crippen molar-refractivity contribution in [2.24, 2.45) is 0 Å². The van der Waals surface area contributed by atoms with Gasteiger partial charge in [-0.2, -0.15) is 0 Å². The van der Waals surface area contributed by atoms with E-state index in [1.807, 2.05) is 35.2 Å². The molecule has 1 saturated heterocycles. The van der Waals surface area contributed by atoms with Gasteiger partial charge in [0.1, 0.15) is 0 Å². The first-order chi connectivity index (χ1) is 10.7. The van der Waals surface area contributed by atoms with Gasteiger partial charge in [-0.3, -0.25) is 4.79 Å². The van der Waals surface area contributed by atoms with E-state index < -0.39 is 0 Å². The summed E-state index contributed by atoms with van der Waals surface area (Å²) in [6.45, 7) is 2.81. The normalized spacial score (nSPS) is 18.3. The van der Waals surface area contributed by atoms with Crippen LogP contribution in [0.1, 0.15) is 29.5 Å². The molecule has 0 saturated carbocycles. The zero-order valence-electron chi connectivity index (χ0n) is 12.9. The Balaban J connectivity index is 1.75. The fourth-order valence-corrected chi connectivity index (χ4v) is 2.93. The largest absolute Gasteiger partial charge is 0.332 e. The highest BCUT2D eigenvalue weighted by atomic mass is 16.2. The van der Waals surface area contributed by atoms with Crippen LogP contribution in [0, 0.1) is 6.92 Å². The highest BCUT2D eigenvalue weighted by molar-refractivity contribution is 5.79. The number of carbonyl (C=O) groups excluding carboxylic acids is 1. The SMILES string of the molecule is Cc1ccccc1/C=C/C1CCC(=O)N1Cc1ccccc1. The van der Waals surface area contributed by atoms with Crippen LogP contribution in [-0.2, 0) is 11.3 Å². The standard InChI is InChI=1S/C20H21NO/c1-16-7-5-6-10-18(16)11-12-19-13-14-20(22)21(19)15-17-8-3-2-4-9-17/h2-12,19H,13-15H2,1H3/b12-11+. The molecule has 1 aliphatic heterocycles. The molecule has 1 fully saturated rings. The molecule has 1 heterocycles. The molecule has 1 amide bonds. The molecular formula is C20H21NO. The van der Waals surface area contributed by atoms with Gasteiger partial charge in [0.25, 0.3) is 0 Å². The topological polar surface area (TPSA) is 20.3 Å². The minimum Gasteiger partial charge on any atom is -0.332 e. The van der Waals surface area contributed by atoms with E-state index in [2.05, 4.69) is 43.3 Å². The van der Waals surface area contributed by atoms with E-state index in [-0.39, 0.29) is 11.9 Å². The minimum absolute atomic E-state index is 0.201. The predicted molar refractivity (Wildman–Crippen MR) is 90.2 cm³/mol. The summed E-state index contributed by atoms with van der Waals surface area (Å²) in [5, 5.41) is 0. The Morgan fingerprint density at radius 2 is 1.82 bits per heavy atom. The molecule has 0 N–H and O–H groups in total. The van der Waals surface area contributed by atoms with Gasteiger partial charge in [-0.05, 0) is 30.0 Å². The van der Waals surface area contributed by atoms with Gasteiger partial charge in [0.05, 0.1) is 6.04 Å². The Morgan fingerprint density at radius 1 is 1.09 bits per heavy atom. The molecule has 112 valence electrons. The lowest BCUT2D eigenvalue weighted by Crippen LogP contribution is -2.31. The van der Waals surface area contributed by atoms with E-state index in [1.54, 1.807) is 0 Å². The highest BCUT2D eigenvalue weighted by Gasteiger charge is 2.28. The molecule has 3 rings (SSSR count). The van der Waals surface area contributed by atoms with Crippen molar-refractivity contribution in [3.8, 4) is 0 Å². The van der Waals surface area contributed by atoms with Crippen LogP contribution in [0.2, 0.25) is 0 Å². The number of aryl methyl sites for hydroxylation is 1. The molecule has 1 unspecified atom stereocenters. The van der Waals surface area contributed by atoms with Gasteiger partial charge in [-0.15, -0.1) is 0 Å². The van der Waals surface area contributed by atoms with Crippen LogP contribution >= 0.6 is 0 Å². The Labute approximate surface area is 132 Å². The Morgan fingerprint density at radius 3 is 2.59 bits per heavy atom. The van der Waals surface area contributed by atoms with E-state index in [1.165, 1.54) is 16.7 Å². The molecule has 0 aliphatic carbocycles. The number of nitrogens with zero attached hydrogens (tertiary/aromatic N) is 1. The molecule has 22 heavy (non-hydrogen) atoms. The van der Waals surface area contributed by atoms with Crippen molar-refractivity contribution < 1.29 is 4.79 Å². The maximum atomic E-state index is 12.2. The number of carbonyl (C=O) groups is 1. The van der Waals surface area contributed by atoms with E-state index in [9.17, 15) is 4.79 Å². The summed E-state index contributed by atoms with van der Waals surface area (Å²) >= 11 is 0. The summed E-state index contributed by atoms with van der Waals surface area (Å²) < 4.78 is 0. The smallest absolute Gasteiger partial charge is 0.223 e. The van der Waals surface area contributed by atoms with Crippen LogP contribution in [0.4, 0.5) is 0 Å². The first-order valence-electron chi connectivity index (χ1n) is 7.81. The third-order valence-electron chi connectivity index (χ3n) is 4.26. The molecule has 2 nitrogen and oxygen atoms in total. The lowest BCUT2D eigenvalue weighted by molar-refractivity contribution is -0.129. The first kappa shape index (κ1) is 14.6. The molecule has 0 aromatic heterocycles. The average molecular weight is 291 g/mol. The second-order valence-electron chi connectivity index (χ2n) is 5.83. The van der Waals surface area contributed by atoms with Gasteiger partial charge in [0, 0.05) is 13.0 Å². The summed E-state index contributed by atoms with van der Waals surface area (Å²) in [5.41, 5.74) is 3.67. The van der Waals surface area contributed by atoms with Crippen LogP contribution in [0.5, 0.6) is 0 Å². The lowest BCUT2D eigenvalue weighted by Gasteiger charge is -2.22. The maximum Gasteiger partial charge on any atom is 0.223 e. The molecule has 2 heteroatoms. The fraction of sp³-hybridized carbons (Fsp3) is 0.250. The van der Waals surface area contributed by atoms with E-state index in [4.69, 9.17) is 0 Å². The number of benzene rings is 2. The van der Waals surface area contributed by atoms with Gasteiger partial charge < -0.3 is 4.90 Å². The molecule has 0 radical (unpaired) electrons. The monoisotopic (exact) mass is 291 g/mol. The number of hydrogen-bond acceptors (Lipinski definition) is 1. The summed E-state index contributed by atoms with van der Waals surface area (Å²) in [7, 11) is 0. The van der Waals surface area contributed by atoms with Gasteiger partial charge in [-0.25, -0.2) is 0 Å². The Kier molecular flexibility index (Phi) is 4.38. The van der Waals surface area contributed by atoms with Gasteiger partial charge in [0.2, 0.25) is 5.91 Å². The van der Waals surface area contributed by atoms with E-state index in [0.29, 0.717) is 13.0 Å². The Hall–Kier alpha value is -2.35. The van der Waals surface area contributed by atoms with E-state index >= 15 is 0 Å². The number of rotatable bonds is 4. The van der Waals surface area contributed by atoms with Gasteiger partial charge in [0.15, 0.2) is 0 Å². The third kappa shape index (κ3) is 3.28. The summed E-state index contributed by atoms with van der Waals surface area (Å²) in [6, 6.07) is 18.7. The molecule has 2 aromatic rings. The molecule has 1 aliphatic rings. The van der Waals surface area contributed by atoms with Crippen molar-refractivity contribution in [2.45, 2.75) is 32.4 Å². The van der Waals surface area contributed by atoms with E-state index in [0.717, 1.165) is 6.42 Å². The highest BCUT2D eigenvalue weighted by Crippen LogP contribution is 2.23. The quantitative estimate of drug-likeness (QED) is 0.826. The van der Waals surface area contributed by atoms with Crippen LogP contribution in [0.25, 0.3) is 6.08 Å². The second-order valence-corrected chi connectivity index (χ2v) is 5.83. The molecule has 1 atom stereocenters. The number of likely N-dealkylation sites (tertiary alicyclic amines) is 1. The summed E-state index contributed by atoms with van der Waals surface area (Å²) in [6.07, 6.45) is 5.89. The van der Waals surface area contributed by atoms with Crippen molar-refractivity contribution >= 4 is 12.0 Å².